The van der Waals surface area contributed by atoms with Gasteiger partial charge in [-0.15, -0.1) is 0 Å². The third-order valence-electron chi connectivity index (χ3n) is 2.14. The Hall–Kier alpha value is -1.84. The molecule has 0 bridgehead atoms. The number of nitrogens with one attached hydrogen (secondary N) is 1. The highest BCUT2D eigenvalue weighted by Crippen LogP contribution is 2.20. The molecular formula is C11H13N3O. The Morgan fingerprint density at radius 1 is 1.33 bits per heavy atom. The Morgan fingerprint density at radius 2 is 2.13 bits per heavy atom. The molecule has 0 aliphatic rings. The molecule has 78 valence electrons. The molecule has 0 aliphatic carbocycles. The molecule has 4 heteroatoms. The van der Waals surface area contributed by atoms with Gasteiger partial charge < -0.3 is 9.84 Å². The third kappa shape index (κ3) is 1.98. The maximum Gasteiger partial charge on any atom is 0.321 e. The number of anilines is 1. The van der Waals surface area contributed by atoms with Crippen LogP contribution in [0.5, 0.6) is 0 Å². The summed E-state index contributed by atoms with van der Waals surface area (Å²) in [6.45, 7) is 4.78. The van der Waals surface area contributed by atoms with Crippen molar-refractivity contribution in [1.82, 2.24) is 10.1 Å². The van der Waals surface area contributed by atoms with Crippen LogP contribution in [0.25, 0.3) is 11.4 Å². The fourth-order valence-corrected chi connectivity index (χ4v) is 1.38. The molecule has 0 unspecified atom stereocenters. The molecule has 0 aliphatic heterocycles. The van der Waals surface area contributed by atoms with Crippen LogP contribution in [0.15, 0.2) is 28.8 Å². The number of rotatable bonds is 3. The lowest BCUT2D eigenvalue weighted by Gasteiger charge is -1.97. The van der Waals surface area contributed by atoms with E-state index in [1.54, 1.807) is 0 Å². The zero-order chi connectivity index (χ0) is 10.7. The van der Waals surface area contributed by atoms with Crippen LogP contribution >= 0.6 is 0 Å². The van der Waals surface area contributed by atoms with Gasteiger partial charge >= 0.3 is 6.01 Å². The van der Waals surface area contributed by atoms with Crippen LogP contribution in [0, 0.1) is 6.92 Å². The molecule has 2 rings (SSSR count). The van der Waals surface area contributed by atoms with Crippen molar-refractivity contribution in [3.8, 4) is 11.4 Å². The molecule has 0 amide bonds. The van der Waals surface area contributed by atoms with Gasteiger partial charge in [0.1, 0.15) is 0 Å². The van der Waals surface area contributed by atoms with Crippen LogP contribution in [-0.4, -0.2) is 16.7 Å². The maximum atomic E-state index is 5.04. The van der Waals surface area contributed by atoms with E-state index < -0.39 is 0 Å². The summed E-state index contributed by atoms with van der Waals surface area (Å²) in [6, 6.07) is 8.43. The van der Waals surface area contributed by atoms with Crippen molar-refractivity contribution in [3.63, 3.8) is 0 Å². The molecule has 0 saturated heterocycles. The van der Waals surface area contributed by atoms with E-state index in [4.69, 9.17) is 4.52 Å². The molecule has 0 radical (unpaired) electrons. The number of aryl methyl sites for hydroxylation is 1. The minimum absolute atomic E-state index is 0.468. The molecule has 0 spiro atoms. The average molecular weight is 203 g/mol. The molecule has 0 atom stereocenters. The predicted octanol–water partition coefficient (Wildman–Crippen LogP) is 2.48. The van der Waals surface area contributed by atoms with E-state index in [1.165, 1.54) is 0 Å². The van der Waals surface area contributed by atoms with Crippen LogP contribution < -0.4 is 5.32 Å². The number of aromatic nitrogens is 2. The molecule has 1 N–H and O–H groups in total. The molecule has 15 heavy (non-hydrogen) atoms. The van der Waals surface area contributed by atoms with Crippen LogP contribution in [0.4, 0.5) is 6.01 Å². The Bertz CT molecular complexity index is 451. The first-order chi connectivity index (χ1) is 7.31. The first-order valence-corrected chi connectivity index (χ1v) is 4.95. The van der Waals surface area contributed by atoms with Crippen molar-refractivity contribution in [2.75, 3.05) is 11.9 Å². The predicted molar refractivity (Wildman–Crippen MR) is 58.6 cm³/mol. The lowest BCUT2D eigenvalue weighted by atomic mass is 10.1. The Balaban J connectivity index is 2.33. The summed E-state index contributed by atoms with van der Waals surface area (Å²) in [4.78, 5) is 4.24. The van der Waals surface area contributed by atoms with Gasteiger partial charge in [-0.1, -0.05) is 29.4 Å². The fourth-order valence-electron chi connectivity index (χ4n) is 1.38. The quantitative estimate of drug-likeness (QED) is 0.832. The summed E-state index contributed by atoms with van der Waals surface area (Å²) in [5, 5.41) is 6.89. The van der Waals surface area contributed by atoms with Crippen molar-refractivity contribution in [2.24, 2.45) is 0 Å². The normalized spacial score (nSPS) is 10.3. The highest BCUT2D eigenvalue weighted by atomic mass is 16.5. The second-order valence-corrected chi connectivity index (χ2v) is 3.27. The molecule has 1 aromatic carbocycles. The summed E-state index contributed by atoms with van der Waals surface area (Å²) in [7, 11) is 0. The topological polar surface area (TPSA) is 51.0 Å². The lowest BCUT2D eigenvalue weighted by Crippen LogP contribution is -1.96. The molecule has 2 aromatic rings. The largest absolute Gasteiger partial charge is 0.338 e. The van der Waals surface area contributed by atoms with Crippen LogP contribution in [0.1, 0.15) is 12.5 Å². The fraction of sp³-hybridized carbons (Fsp3) is 0.273. The summed E-state index contributed by atoms with van der Waals surface area (Å²) in [6.07, 6.45) is 0. The van der Waals surface area contributed by atoms with Crippen LogP contribution in [0.2, 0.25) is 0 Å². The Labute approximate surface area is 88.3 Å². The van der Waals surface area contributed by atoms with E-state index in [0.717, 1.165) is 17.7 Å². The zero-order valence-corrected chi connectivity index (χ0v) is 8.82. The Morgan fingerprint density at radius 3 is 2.87 bits per heavy atom. The van der Waals surface area contributed by atoms with Crippen molar-refractivity contribution in [3.05, 3.63) is 29.8 Å². The summed E-state index contributed by atoms with van der Waals surface area (Å²) in [5.74, 6) is 0.629. The third-order valence-corrected chi connectivity index (χ3v) is 2.14. The zero-order valence-electron chi connectivity index (χ0n) is 8.82. The number of hydrogen-bond donors (Lipinski definition) is 1. The number of hydrogen-bond acceptors (Lipinski definition) is 4. The van der Waals surface area contributed by atoms with Crippen molar-refractivity contribution >= 4 is 6.01 Å². The van der Waals surface area contributed by atoms with Crippen molar-refractivity contribution in [2.45, 2.75) is 13.8 Å². The van der Waals surface area contributed by atoms with E-state index in [2.05, 4.69) is 15.5 Å². The highest BCUT2D eigenvalue weighted by molar-refractivity contribution is 5.59. The van der Waals surface area contributed by atoms with E-state index in [1.807, 2.05) is 38.1 Å². The smallest absolute Gasteiger partial charge is 0.321 e. The van der Waals surface area contributed by atoms with E-state index in [-0.39, 0.29) is 0 Å². The van der Waals surface area contributed by atoms with E-state index in [0.29, 0.717) is 11.8 Å². The van der Waals surface area contributed by atoms with Gasteiger partial charge in [0.05, 0.1) is 0 Å². The second-order valence-electron chi connectivity index (χ2n) is 3.27. The second kappa shape index (κ2) is 4.13. The molecule has 4 nitrogen and oxygen atoms in total. The van der Waals surface area contributed by atoms with Gasteiger partial charge in [0.2, 0.25) is 5.82 Å². The minimum atomic E-state index is 0.468. The number of benzene rings is 1. The lowest BCUT2D eigenvalue weighted by molar-refractivity contribution is 0.432. The van der Waals surface area contributed by atoms with Gasteiger partial charge in [-0.25, -0.2) is 0 Å². The van der Waals surface area contributed by atoms with Gasteiger partial charge in [0, 0.05) is 12.1 Å². The Kier molecular flexibility index (Phi) is 2.67. The van der Waals surface area contributed by atoms with Gasteiger partial charge in [-0.2, -0.15) is 4.98 Å². The van der Waals surface area contributed by atoms with Gasteiger partial charge in [-0.3, -0.25) is 0 Å². The van der Waals surface area contributed by atoms with Crippen molar-refractivity contribution in [1.29, 1.82) is 0 Å². The standard InChI is InChI=1S/C11H13N3O/c1-3-12-11-13-10(14-15-11)9-7-5-4-6-8(9)2/h4-7H,3H2,1-2H3,(H,12,13,14). The highest BCUT2D eigenvalue weighted by Gasteiger charge is 2.08. The van der Waals surface area contributed by atoms with Gasteiger partial charge in [0.15, 0.2) is 0 Å². The summed E-state index contributed by atoms with van der Waals surface area (Å²) < 4.78 is 5.04. The summed E-state index contributed by atoms with van der Waals surface area (Å²) >= 11 is 0. The molecular weight excluding hydrogens is 190 g/mol. The first kappa shape index (κ1) is 9.71. The molecule has 0 fully saturated rings. The first-order valence-electron chi connectivity index (χ1n) is 4.95. The molecule has 0 saturated carbocycles. The number of nitrogens with zero attached hydrogens (tertiary/aromatic N) is 2. The van der Waals surface area contributed by atoms with Crippen molar-refractivity contribution < 1.29 is 4.52 Å². The summed E-state index contributed by atoms with van der Waals surface area (Å²) in [5.41, 5.74) is 2.15. The van der Waals surface area contributed by atoms with Gasteiger partial charge in [-0.05, 0) is 19.4 Å². The SMILES string of the molecule is CCNc1nc(-c2ccccc2C)no1. The van der Waals surface area contributed by atoms with Crippen LogP contribution in [-0.2, 0) is 0 Å². The van der Waals surface area contributed by atoms with Crippen LogP contribution in [0.3, 0.4) is 0 Å². The maximum absolute atomic E-state index is 5.04. The van der Waals surface area contributed by atoms with Gasteiger partial charge in [0.25, 0.3) is 0 Å². The molecule has 1 heterocycles. The monoisotopic (exact) mass is 203 g/mol. The average Bonchev–Trinajstić information content (AvgIpc) is 2.68. The van der Waals surface area contributed by atoms with E-state index >= 15 is 0 Å². The molecule has 1 aromatic heterocycles. The van der Waals surface area contributed by atoms with E-state index in [9.17, 15) is 0 Å². The minimum Gasteiger partial charge on any atom is -0.338 e.